The van der Waals surface area contributed by atoms with Gasteiger partial charge in [-0.25, -0.2) is 8.42 Å². The highest BCUT2D eigenvalue weighted by Crippen LogP contribution is 2.20. The Morgan fingerprint density at radius 1 is 1.33 bits per heavy atom. The van der Waals surface area contributed by atoms with Crippen molar-refractivity contribution >= 4 is 33.8 Å². The minimum absolute atomic E-state index is 0. The molecule has 1 amide bonds. The molecule has 1 unspecified atom stereocenters. The van der Waals surface area contributed by atoms with Crippen LogP contribution in [0.5, 0.6) is 0 Å². The number of unbranched alkanes of at least 4 members (excludes halogenated alkanes) is 1. The SMILES string of the molecule is CCCCN(C(=O)CCc1ccccc1N)C1CCS(=O)(=O)C1.Cl. The first-order valence-electron chi connectivity index (χ1n) is 8.26. The van der Waals surface area contributed by atoms with Gasteiger partial charge >= 0.3 is 0 Å². The highest BCUT2D eigenvalue weighted by atomic mass is 35.5. The zero-order chi connectivity index (χ0) is 16.9. The van der Waals surface area contributed by atoms with Crippen LogP contribution in [0.2, 0.25) is 0 Å². The van der Waals surface area contributed by atoms with Crippen molar-refractivity contribution in [3.05, 3.63) is 29.8 Å². The van der Waals surface area contributed by atoms with Gasteiger partial charge in [0.1, 0.15) is 0 Å². The average molecular weight is 375 g/mol. The van der Waals surface area contributed by atoms with E-state index in [1.807, 2.05) is 24.3 Å². The van der Waals surface area contributed by atoms with Crippen molar-refractivity contribution in [2.24, 2.45) is 0 Å². The third kappa shape index (κ3) is 5.67. The maximum Gasteiger partial charge on any atom is 0.223 e. The van der Waals surface area contributed by atoms with E-state index in [9.17, 15) is 13.2 Å². The molecule has 5 nitrogen and oxygen atoms in total. The topological polar surface area (TPSA) is 80.5 Å². The summed E-state index contributed by atoms with van der Waals surface area (Å²) >= 11 is 0. The summed E-state index contributed by atoms with van der Waals surface area (Å²) in [6.45, 7) is 2.71. The van der Waals surface area contributed by atoms with E-state index in [-0.39, 0.29) is 35.9 Å². The normalized spacial score (nSPS) is 18.8. The Kier molecular flexibility index (Phi) is 8.03. The lowest BCUT2D eigenvalue weighted by Gasteiger charge is -2.28. The number of hydrogen-bond acceptors (Lipinski definition) is 4. The van der Waals surface area contributed by atoms with Gasteiger partial charge in [0.05, 0.1) is 11.5 Å². The maximum absolute atomic E-state index is 12.6. The number of hydrogen-bond donors (Lipinski definition) is 1. The summed E-state index contributed by atoms with van der Waals surface area (Å²) in [7, 11) is -2.99. The first-order chi connectivity index (χ1) is 10.9. The summed E-state index contributed by atoms with van der Waals surface area (Å²) in [6.07, 6.45) is 3.40. The fourth-order valence-corrected chi connectivity index (χ4v) is 4.74. The highest BCUT2D eigenvalue weighted by molar-refractivity contribution is 7.91. The molecule has 0 bridgehead atoms. The monoisotopic (exact) mass is 374 g/mol. The van der Waals surface area contributed by atoms with Crippen LogP contribution in [0.4, 0.5) is 5.69 Å². The number of anilines is 1. The molecule has 0 radical (unpaired) electrons. The Hall–Kier alpha value is -1.27. The molecule has 1 fully saturated rings. The number of nitrogen functional groups attached to an aromatic ring is 1. The molecule has 7 heteroatoms. The Morgan fingerprint density at radius 3 is 2.62 bits per heavy atom. The number of sulfone groups is 1. The van der Waals surface area contributed by atoms with Gasteiger partial charge in [-0.1, -0.05) is 31.5 Å². The molecular weight excluding hydrogens is 348 g/mol. The molecule has 1 saturated heterocycles. The van der Waals surface area contributed by atoms with E-state index < -0.39 is 9.84 Å². The summed E-state index contributed by atoms with van der Waals surface area (Å²) in [5.41, 5.74) is 7.58. The molecule has 1 heterocycles. The molecule has 1 aliphatic heterocycles. The lowest BCUT2D eigenvalue weighted by atomic mass is 10.1. The summed E-state index contributed by atoms with van der Waals surface area (Å²) in [4.78, 5) is 14.4. The van der Waals surface area contributed by atoms with Crippen LogP contribution in [-0.2, 0) is 21.1 Å². The van der Waals surface area contributed by atoms with Gasteiger partial charge in [0.2, 0.25) is 5.91 Å². The van der Waals surface area contributed by atoms with Crippen molar-refractivity contribution in [2.75, 3.05) is 23.8 Å². The number of carbonyl (C=O) groups is 1. The van der Waals surface area contributed by atoms with Crippen LogP contribution < -0.4 is 5.73 Å². The van der Waals surface area contributed by atoms with Gasteiger partial charge in [-0.15, -0.1) is 12.4 Å². The van der Waals surface area contributed by atoms with E-state index in [0.717, 1.165) is 18.4 Å². The van der Waals surface area contributed by atoms with Crippen LogP contribution in [0.25, 0.3) is 0 Å². The molecule has 0 spiro atoms. The summed E-state index contributed by atoms with van der Waals surface area (Å²) in [5, 5.41) is 0. The zero-order valence-electron chi connectivity index (χ0n) is 14.1. The van der Waals surface area contributed by atoms with E-state index in [4.69, 9.17) is 5.73 Å². The summed E-state index contributed by atoms with van der Waals surface area (Å²) in [6, 6.07) is 7.39. The second kappa shape index (κ2) is 9.28. The average Bonchev–Trinajstić information content (AvgIpc) is 2.87. The van der Waals surface area contributed by atoms with Crippen LogP contribution in [0.15, 0.2) is 24.3 Å². The van der Waals surface area contributed by atoms with Crippen molar-refractivity contribution in [2.45, 2.75) is 45.1 Å². The molecule has 136 valence electrons. The van der Waals surface area contributed by atoms with Crippen LogP contribution in [0.3, 0.4) is 0 Å². The molecule has 1 aromatic rings. The fraction of sp³-hybridized carbons (Fsp3) is 0.588. The van der Waals surface area contributed by atoms with E-state index in [2.05, 4.69) is 6.92 Å². The number of halogens is 1. The minimum atomic E-state index is -2.99. The van der Waals surface area contributed by atoms with Crippen LogP contribution in [0.1, 0.15) is 38.2 Å². The van der Waals surface area contributed by atoms with Gasteiger partial charge in [-0.05, 0) is 30.9 Å². The Labute approximate surface area is 150 Å². The summed E-state index contributed by atoms with van der Waals surface area (Å²) < 4.78 is 23.4. The number of carbonyl (C=O) groups excluding carboxylic acids is 1. The van der Waals surface area contributed by atoms with Crippen LogP contribution >= 0.6 is 12.4 Å². The molecule has 1 atom stereocenters. The summed E-state index contributed by atoms with van der Waals surface area (Å²) in [5.74, 6) is 0.332. The third-order valence-corrected chi connectivity index (χ3v) is 6.14. The van der Waals surface area contributed by atoms with E-state index in [1.54, 1.807) is 4.90 Å². The van der Waals surface area contributed by atoms with Crippen molar-refractivity contribution < 1.29 is 13.2 Å². The number of benzene rings is 1. The number of amides is 1. The van der Waals surface area contributed by atoms with Crippen LogP contribution in [0, 0.1) is 0 Å². The van der Waals surface area contributed by atoms with Crippen molar-refractivity contribution in [1.82, 2.24) is 4.90 Å². The Bertz CT molecular complexity index is 649. The molecule has 0 saturated carbocycles. The first-order valence-corrected chi connectivity index (χ1v) is 10.1. The lowest BCUT2D eigenvalue weighted by molar-refractivity contribution is -0.133. The number of nitrogens with two attached hydrogens (primary N) is 1. The van der Waals surface area contributed by atoms with E-state index in [0.29, 0.717) is 31.5 Å². The zero-order valence-corrected chi connectivity index (χ0v) is 15.7. The smallest absolute Gasteiger partial charge is 0.223 e. The second-order valence-electron chi connectivity index (χ2n) is 6.20. The van der Waals surface area contributed by atoms with Gasteiger partial charge in [0, 0.05) is 24.7 Å². The van der Waals surface area contributed by atoms with Crippen molar-refractivity contribution in [3.8, 4) is 0 Å². The van der Waals surface area contributed by atoms with E-state index in [1.165, 1.54) is 0 Å². The molecule has 1 aliphatic rings. The fourth-order valence-electron chi connectivity index (χ4n) is 3.01. The molecule has 0 aromatic heterocycles. The van der Waals surface area contributed by atoms with Gasteiger partial charge < -0.3 is 10.6 Å². The number of rotatable bonds is 7. The number of aryl methyl sites for hydroxylation is 1. The van der Waals surface area contributed by atoms with Crippen molar-refractivity contribution in [3.63, 3.8) is 0 Å². The van der Waals surface area contributed by atoms with Gasteiger partial charge in [-0.2, -0.15) is 0 Å². The molecule has 24 heavy (non-hydrogen) atoms. The molecule has 0 aliphatic carbocycles. The number of para-hydroxylation sites is 1. The van der Waals surface area contributed by atoms with E-state index >= 15 is 0 Å². The predicted octanol–water partition coefficient (Wildman–Crippen LogP) is 2.44. The minimum Gasteiger partial charge on any atom is -0.399 e. The first kappa shape index (κ1) is 20.8. The molecule has 2 rings (SSSR count). The highest BCUT2D eigenvalue weighted by Gasteiger charge is 2.34. The van der Waals surface area contributed by atoms with Gasteiger partial charge in [-0.3, -0.25) is 4.79 Å². The standard InChI is InChI=1S/C17H26N2O3S.ClH/c1-2-3-11-19(15-10-12-23(21,22)13-15)17(20)9-8-14-6-4-5-7-16(14)18;/h4-7,15H,2-3,8-13,18H2,1H3;1H. The lowest BCUT2D eigenvalue weighted by Crippen LogP contribution is -2.41. The molecule has 2 N–H and O–H groups in total. The largest absolute Gasteiger partial charge is 0.399 e. The third-order valence-electron chi connectivity index (χ3n) is 4.39. The van der Waals surface area contributed by atoms with Crippen LogP contribution in [-0.4, -0.2) is 43.3 Å². The predicted molar refractivity (Wildman–Crippen MR) is 100 cm³/mol. The quantitative estimate of drug-likeness (QED) is 0.743. The van der Waals surface area contributed by atoms with Gasteiger partial charge in [0.15, 0.2) is 9.84 Å². The molecular formula is C17H27ClN2O3S. The maximum atomic E-state index is 12.6. The molecule has 1 aromatic carbocycles. The van der Waals surface area contributed by atoms with Gasteiger partial charge in [0.25, 0.3) is 0 Å². The number of nitrogens with zero attached hydrogens (tertiary/aromatic N) is 1. The second-order valence-corrected chi connectivity index (χ2v) is 8.43. The Morgan fingerprint density at radius 2 is 2.04 bits per heavy atom. The Balaban J connectivity index is 0.00000288. The van der Waals surface area contributed by atoms with Crippen molar-refractivity contribution in [1.29, 1.82) is 0 Å².